The monoisotopic (exact) mass is 424 g/mol. The number of aromatic nitrogens is 5. The average molecular weight is 424 g/mol. The van der Waals surface area contributed by atoms with Crippen molar-refractivity contribution in [1.29, 1.82) is 0 Å². The molecule has 4 aromatic heterocycles. The van der Waals surface area contributed by atoms with Crippen LogP contribution in [0.5, 0.6) is 0 Å². The summed E-state index contributed by atoms with van der Waals surface area (Å²) in [5, 5.41) is 5.94. The maximum Gasteiger partial charge on any atom is 0.245 e. The van der Waals surface area contributed by atoms with Gasteiger partial charge in [0.25, 0.3) is 0 Å². The average Bonchev–Trinajstić information content (AvgIpc) is 3.23. The third-order valence-electron chi connectivity index (χ3n) is 5.03. The van der Waals surface area contributed by atoms with Crippen molar-refractivity contribution in [3.63, 3.8) is 0 Å². The summed E-state index contributed by atoms with van der Waals surface area (Å²) in [5.74, 6) is 0.283. The van der Waals surface area contributed by atoms with Crippen molar-refractivity contribution in [2.45, 2.75) is 13.5 Å². The predicted molar refractivity (Wildman–Crippen MR) is 123 cm³/mol. The molecule has 4 aromatic rings. The Morgan fingerprint density at radius 1 is 1.09 bits per heavy atom. The highest BCUT2D eigenvalue weighted by Crippen LogP contribution is 2.25. The van der Waals surface area contributed by atoms with Gasteiger partial charge in [-0.05, 0) is 37.3 Å². The van der Waals surface area contributed by atoms with Crippen LogP contribution in [0.2, 0.25) is 0 Å². The maximum atomic E-state index is 12.6. The molecule has 0 aliphatic carbocycles. The molecule has 0 saturated heterocycles. The molecule has 9 nitrogen and oxygen atoms in total. The van der Waals surface area contributed by atoms with Crippen LogP contribution >= 0.6 is 0 Å². The van der Waals surface area contributed by atoms with Crippen molar-refractivity contribution in [1.82, 2.24) is 29.8 Å². The van der Waals surface area contributed by atoms with Gasteiger partial charge in [-0.1, -0.05) is 0 Å². The fourth-order valence-corrected chi connectivity index (χ4v) is 3.53. The highest BCUT2D eigenvalue weighted by molar-refractivity contribution is 5.93. The van der Waals surface area contributed by atoms with Crippen LogP contribution in [0, 0.1) is 6.92 Å². The molecule has 5 rings (SSSR count). The number of rotatable bonds is 5. The molecule has 1 amide bonds. The van der Waals surface area contributed by atoms with Gasteiger partial charge >= 0.3 is 0 Å². The smallest absolute Gasteiger partial charge is 0.245 e. The van der Waals surface area contributed by atoms with Gasteiger partial charge in [-0.25, -0.2) is 9.97 Å². The number of nitrogens with zero attached hydrogens (tertiary/aromatic N) is 6. The van der Waals surface area contributed by atoms with E-state index in [9.17, 15) is 4.79 Å². The van der Waals surface area contributed by atoms with Gasteiger partial charge in [-0.2, -0.15) is 0 Å². The predicted octanol–water partition coefficient (Wildman–Crippen LogP) is 2.81. The lowest BCUT2D eigenvalue weighted by Gasteiger charge is -2.09. The zero-order valence-electron chi connectivity index (χ0n) is 17.4. The SMILES string of the molecule is Cc1cc(-c2nccc3c2ncn3CC(=O)Nc2ccc(C3=CNCC=N3)cn2)ccn1. The molecular weight excluding hydrogens is 404 g/mol. The van der Waals surface area contributed by atoms with Gasteiger partial charge in [-0.15, -0.1) is 0 Å². The molecule has 2 N–H and O–H groups in total. The van der Waals surface area contributed by atoms with Crippen LogP contribution in [0.1, 0.15) is 11.3 Å². The minimum atomic E-state index is -0.195. The van der Waals surface area contributed by atoms with E-state index in [2.05, 4.69) is 35.6 Å². The van der Waals surface area contributed by atoms with Crippen molar-refractivity contribution in [3.05, 3.63) is 72.7 Å². The third kappa shape index (κ3) is 3.95. The lowest BCUT2D eigenvalue weighted by Crippen LogP contribution is -2.19. The molecule has 5 heterocycles. The van der Waals surface area contributed by atoms with Crippen molar-refractivity contribution < 1.29 is 4.79 Å². The number of hydrogen-bond acceptors (Lipinski definition) is 7. The van der Waals surface area contributed by atoms with E-state index < -0.39 is 0 Å². The van der Waals surface area contributed by atoms with Crippen LogP contribution in [0.4, 0.5) is 5.82 Å². The molecule has 9 heteroatoms. The van der Waals surface area contributed by atoms with Crippen LogP contribution in [0.25, 0.3) is 28.0 Å². The van der Waals surface area contributed by atoms with Gasteiger partial charge in [0.05, 0.1) is 23.2 Å². The highest BCUT2D eigenvalue weighted by Gasteiger charge is 2.13. The maximum absolute atomic E-state index is 12.6. The summed E-state index contributed by atoms with van der Waals surface area (Å²) in [4.78, 5) is 34.5. The summed E-state index contributed by atoms with van der Waals surface area (Å²) in [6, 6.07) is 9.36. The number of carbonyl (C=O) groups excluding carboxylic acids is 1. The Labute approximate surface area is 184 Å². The van der Waals surface area contributed by atoms with E-state index in [1.54, 1.807) is 41.8 Å². The molecule has 0 fully saturated rings. The largest absolute Gasteiger partial charge is 0.384 e. The Morgan fingerprint density at radius 2 is 2.00 bits per heavy atom. The molecular formula is C23H20N8O. The Balaban J connectivity index is 1.32. The summed E-state index contributed by atoms with van der Waals surface area (Å²) in [7, 11) is 0. The molecule has 32 heavy (non-hydrogen) atoms. The zero-order chi connectivity index (χ0) is 21.9. The minimum Gasteiger partial charge on any atom is -0.384 e. The standard InChI is InChI=1S/C23H20N8O/c1-15-10-16(4-6-25-15)22-23-19(5-7-27-22)31(14-29-23)13-21(32)30-20-3-2-17(11-28-20)18-12-24-8-9-26-18/h2-7,9-12,14,24H,8,13H2,1H3,(H,28,30,32). The first-order chi connectivity index (χ1) is 15.7. The van der Waals surface area contributed by atoms with Crippen LogP contribution < -0.4 is 10.6 Å². The summed E-state index contributed by atoms with van der Waals surface area (Å²) >= 11 is 0. The fourth-order valence-electron chi connectivity index (χ4n) is 3.53. The Hall–Kier alpha value is -4.40. The normalized spacial score (nSPS) is 13.0. The van der Waals surface area contributed by atoms with Gasteiger partial charge in [0.15, 0.2) is 0 Å². The number of aliphatic imine (C=N–C) groups is 1. The molecule has 0 aromatic carbocycles. The summed E-state index contributed by atoms with van der Waals surface area (Å²) in [5.41, 5.74) is 5.86. The summed E-state index contributed by atoms with van der Waals surface area (Å²) in [6.07, 6.45) is 10.5. The van der Waals surface area contributed by atoms with E-state index in [0.717, 1.165) is 39.2 Å². The van der Waals surface area contributed by atoms with Crippen LogP contribution in [-0.4, -0.2) is 43.2 Å². The number of fused-ring (bicyclic) bond motifs is 1. The van der Waals surface area contributed by atoms with E-state index in [-0.39, 0.29) is 12.5 Å². The molecule has 158 valence electrons. The van der Waals surface area contributed by atoms with Gasteiger partial charge < -0.3 is 15.2 Å². The van der Waals surface area contributed by atoms with Crippen molar-refractivity contribution in [3.8, 4) is 11.3 Å². The summed E-state index contributed by atoms with van der Waals surface area (Å²) in [6.45, 7) is 2.76. The van der Waals surface area contributed by atoms with E-state index >= 15 is 0 Å². The van der Waals surface area contributed by atoms with E-state index in [1.807, 2.05) is 37.4 Å². The topological polar surface area (TPSA) is 110 Å². The number of imidazole rings is 1. The van der Waals surface area contributed by atoms with Crippen LogP contribution in [0.15, 0.2) is 66.4 Å². The third-order valence-corrected chi connectivity index (χ3v) is 5.03. The van der Waals surface area contributed by atoms with Crippen LogP contribution in [0.3, 0.4) is 0 Å². The van der Waals surface area contributed by atoms with E-state index in [0.29, 0.717) is 12.4 Å². The second-order valence-electron chi connectivity index (χ2n) is 7.32. The number of nitrogens with one attached hydrogen (secondary N) is 2. The first-order valence-electron chi connectivity index (χ1n) is 10.1. The minimum absolute atomic E-state index is 0.109. The van der Waals surface area contributed by atoms with E-state index in [4.69, 9.17) is 0 Å². The number of amides is 1. The van der Waals surface area contributed by atoms with Gasteiger partial charge in [0.1, 0.15) is 17.9 Å². The first kappa shape index (κ1) is 19.6. The molecule has 1 aliphatic heterocycles. The van der Waals surface area contributed by atoms with Gasteiger partial charge in [0.2, 0.25) is 5.91 Å². The van der Waals surface area contributed by atoms with Crippen molar-refractivity contribution >= 4 is 34.7 Å². The second kappa shape index (κ2) is 8.38. The molecule has 0 radical (unpaired) electrons. The second-order valence-corrected chi connectivity index (χ2v) is 7.32. The Bertz CT molecular complexity index is 1350. The highest BCUT2D eigenvalue weighted by atomic mass is 16.2. The van der Waals surface area contributed by atoms with Crippen LogP contribution in [-0.2, 0) is 11.3 Å². The number of pyridine rings is 3. The van der Waals surface area contributed by atoms with Gasteiger partial charge in [-0.3, -0.25) is 19.8 Å². The molecule has 0 saturated carbocycles. The molecule has 0 bridgehead atoms. The number of aryl methyl sites for hydroxylation is 1. The lowest BCUT2D eigenvalue weighted by molar-refractivity contribution is -0.116. The lowest BCUT2D eigenvalue weighted by atomic mass is 10.1. The number of anilines is 1. The quantitative estimate of drug-likeness (QED) is 0.510. The molecule has 1 aliphatic rings. The Kier molecular flexibility index (Phi) is 5.12. The molecule has 0 spiro atoms. The Morgan fingerprint density at radius 3 is 2.78 bits per heavy atom. The summed E-state index contributed by atoms with van der Waals surface area (Å²) < 4.78 is 1.80. The van der Waals surface area contributed by atoms with Crippen molar-refractivity contribution in [2.24, 2.45) is 4.99 Å². The molecule has 0 unspecified atom stereocenters. The zero-order valence-corrected chi connectivity index (χ0v) is 17.4. The fraction of sp³-hybridized carbons (Fsp3) is 0.130. The molecule has 0 atom stereocenters. The van der Waals surface area contributed by atoms with Crippen molar-refractivity contribution in [2.75, 3.05) is 11.9 Å². The number of hydrogen-bond donors (Lipinski definition) is 2. The number of carbonyl (C=O) groups is 1. The first-order valence-corrected chi connectivity index (χ1v) is 10.1. The van der Waals surface area contributed by atoms with E-state index in [1.165, 1.54) is 0 Å². The van der Waals surface area contributed by atoms with Gasteiger partial charge in [0, 0.05) is 54.4 Å².